The van der Waals surface area contributed by atoms with Crippen LogP contribution in [0.2, 0.25) is 0 Å². The van der Waals surface area contributed by atoms with Crippen molar-refractivity contribution in [1.82, 2.24) is 0 Å². The van der Waals surface area contributed by atoms with E-state index in [0.29, 0.717) is 0 Å². The van der Waals surface area contributed by atoms with Crippen LogP contribution in [0.25, 0.3) is 0 Å². The fourth-order valence-electron chi connectivity index (χ4n) is 0.673. The molecule has 1 aromatic carbocycles. The number of carbonyl (C=O) groups excluding carboxylic acids is 1. The van der Waals surface area contributed by atoms with Crippen LogP contribution in [0.1, 0.15) is 17.3 Å². The molecule has 1 rings (SSSR count). The Morgan fingerprint density at radius 2 is 1.70 bits per heavy atom. The Bertz CT molecular complexity index is 206. The van der Waals surface area contributed by atoms with Gasteiger partial charge in [0.05, 0.1) is 0 Å². The van der Waals surface area contributed by atoms with Crippen LogP contribution in [0, 0.1) is 0 Å². The van der Waals surface area contributed by atoms with Crippen molar-refractivity contribution >= 4 is 24.6 Å². The molecule has 0 amide bonds. The summed E-state index contributed by atoms with van der Waals surface area (Å²) in [6.45, 7) is 1.56. The van der Waals surface area contributed by atoms with E-state index in [-0.39, 0.29) is 24.6 Å². The molecule has 0 saturated heterocycles. The van der Waals surface area contributed by atoms with E-state index < -0.39 is 0 Å². The number of hydrogen-bond acceptors (Lipinski definition) is 1. The van der Waals surface area contributed by atoms with Crippen LogP contribution in [0.5, 0.6) is 0 Å². The van der Waals surface area contributed by atoms with Crippen LogP contribution >= 0.6 is 0 Å². The first-order chi connectivity index (χ1) is 4.30. The Balaban J connectivity index is 0.000000810. The molecular formula is C8H9LiO. The molecule has 0 heterocycles. The number of ketones is 1. The second-order valence-electron chi connectivity index (χ2n) is 1.92. The first kappa shape index (κ1) is 9.49. The average Bonchev–Trinajstić information content (AvgIpc) is 1.90. The van der Waals surface area contributed by atoms with Crippen molar-refractivity contribution in [2.45, 2.75) is 6.92 Å². The standard InChI is InChI=1S/C8H8O.Li.H/c1-7(9)8-5-3-2-4-6-8;;/h2-6H,1H3;;. The molecule has 0 bridgehead atoms. The van der Waals surface area contributed by atoms with E-state index in [2.05, 4.69) is 0 Å². The van der Waals surface area contributed by atoms with Crippen LogP contribution < -0.4 is 0 Å². The van der Waals surface area contributed by atoms with E-state index in [4.69, 9.17) is 0 Å². The molecule has 2 heteroatoms. The van der Waals surface area contributed by atoms with Crippen molar-refractivity contribution in [1.29, 1.82) is 0 Å². The molecule has 0 fully saturated rings. The van der Waals surface area contributed by atoms with Gasteiger partial charge in [-0.3, -0.25) is 4.79 Å². The van der Waals surface area contributed by atoms with E-state index >= 15 is 0 Å². The van der Waals surface area contributed by atoms with Gasteiger partial charge in [0.1, 0.15) is 0 Å². The molecule has 0 atom stereocenters. The van der Waals surface area contributed by atoms with Crippen LogP contribution in [-0.4, -0.2) is 24.6 Å². The normalized spacial score (nSPS) is 8.10. The van der Waals surface area contributed by atoms with E-state index in [9.17, 15) is 4.79 Å². The van der Waals surface area contributed by atoms with Gasteiger partial charge in [-0.2, -0.15) is 0 Å². The molecule has 0 saturated carbocycles. The Morgan fingerprint density at radius 1 is 1.20 bits per heavy atom. The summed E-state index contributed by atoms with van der Waals surface area (Å²) < 4.78 is 0. The number of benzene rings is 1. The van der Waals surface area contributed by atoms with Crippen molar-refractivity contribution in [2.24, 2.45) is 0 Å². The molecular weight excluding hydrogens is 119 g/mol. The molecule has 10 heavy (non-hydrogen) atoms. The average molecular weight is 128 g/mol. The first-order valence-corrected chi connectivity index (χ1v) is 2.86. The van der Waals surface area contributed by atoms with Gasteiger partial charge in [-0.25, -0.2) is 0 Å². The minimum atomic E-state index is 0. The van der Waals surface area contributed by atoms with Gasteiger partial charge in [-0.15, -0.1) is 0 Å². The van der Waals surface area contributed by atoms with Crippen LogP contribution in [-0.2, 0) is 0 Å². The SMILES string of the molecule is CC(=O)c1ccccc1.[LiH]. The zero-order valence-electron chi connectivity index (χ0n) is 5.29. The second-order valence-corrected chi connectivity index (χ2v) is 1.92. The number of carbonyl (C=O) groups is 1. The third kappa shape index (κ3) is 2.39. The van der Waals surface area contributed by atoms with E-state index in [0.717, 1.165) is 5.56 Å². The van der Waals surface area contributed by atoms with Crippen LogP contribution in [0.4, 0.5) is 0 Å². The van der Waals surface area contributed by atoms with Crippen molar-refractivity contribution < 1.29 is 4.79 Å². The maximum atomic E-state index is 10.6. The molecule has 0 aliphatic rings. The molecule has 0 spiro atoms. The molecule has 1 nitrogen and oxygen atoms in total. The van der Waals surface area contributed by atoms with Gasteiger partial charge >= 0.3 is 18.9 Å². The molecule has 0 aliphatic carbocycles. The zero-order chi connectivity index (χ0) is 6.69. The van der Waals surface area contributed by atoms with Crippen LogP contribution in [0.15, 0.2) is 30.3 Å². The number of Topliss-reactive ketones (excluding diaryl/α,β-unsaturated/α-hetero) is 1. The summed E-state index contributed by atoms with van der Waals surface area (Å²) in [5.41, 5.74) is 0.775. The van der Waals surface area contributed by atoms with Gasteiger partial charge in [-0.05, 0) is 6.92 Å². The summed E-state index contributed by atoms with van der Waals surface area (Å²) in [7, 11) is 0. The molecule has 0 aliphatic heterocycles. The third-order valence-corrected chi connectivity index (χ3v) is 1.18. The Kier molecular flexibility index (Phi) is 4.10. The quantitative estimate of drug-likeness (QED) is 0.410. The van der Waals surface area contributed by atoms with Gasteiger partial charge < -0.3 is 0 Å². The summed E-state index contributed by atoms with van der Waals surface area (Å²) in [4.78, 5) is 10.6. The fraction of sp³-hybridized carbons (Fsp3) is 0.125. The van der Waals surface area contributed by atoms with E-state index in [1.165, 1.54) is 0 Å². The van der Waals surface area contributed by atoms with Gasteiger partial charge in [-0.1, -0.05) is 30.3 Å². The van der Waals surface area contributed by atoms with Crippen LogP contribution in [0.3, 0.4) is 0 Å². The zero-order valence-corrected chi connectivity index (χ0v) is 5.29. The molecule has 0 unspecified atom stereocenters. The summed E-state index contributed by atoms with van der Waals surface area (Å²) in [5.74, 6) is 0.121. The van der Waals surface area contributed by atoms with Gasteiger partial charge in [0.25, 0.3) is 0 Å². The minimum absolute atomic E-state index is 0. The van der Waals surface area contributed by atoms with Crippen molar-refractivity contribution in [3.63, 3.8) is 0 Å². The summed E-state index contributed by atoms with van der Waals surface area (Å²) in [5, 5.41) is 0. The van der Waals surface area contributed by atoms with Gasteiger partial charge in [0, 0.05) is 5.56 Å². The van der Waals surface area contributed by atoms with Gasteiger partial charge in [0.2, 0.25) is 0 Å². The van der Waals surface area contributed by atoms with Crippen molar-refractivity contribution in [3.8, 4) is 0 Å². The van der Waals surface area contributed by atoms with Crippen molar-refractivity contribution in [2.75, 3.05) is 0 Å². The van der Waals surface area contributed by atoms with E-state index in [1.54, 1.807) is 6.92 Å². The Labute approximate surface area is 72.6 Å². The second kappa shape index (κ2) is 4.33. The fourth-order valence-corrected chi connectivity index (χ4v) is 0.673. The van der Waals surface area contributed by atoms with E-state index in [1.807, 2.05) is 30.3 Å². The first-order valence-electron chi connectivity index (χ1n) is 2.86. The topological polar surface area (TPSA) is 17.1 Å². The number of hydrogen-bond donors (Lipinski definition) is 0. The summed E-state index contributed by atoms with van der Waals surface area (Å²) >= 11 is 0. The number of rotatable bonds is 1. The monoisotopic (exact) mass is 128 g/mol. The van der Waals surface area contributed by atoms with Gasteiger partial charge in [0.15, 0.2) is 5.78 Å². The predicted octanol–water partition coefficient (Wildman–Crippen LogP) is 1.24. The Morgan fingerprint density at radius 3 is 2.00 bits per heavy atom. The Hall–Kier alpha value is -0.513. The molecule has 0 radical (unpaired) electrons. The third-order valence-electron chi connectivity index (χ3n) is 1.18. The molecule has 0 aromatic heterocycles. The van der Waals surface area contributed by atoms with Crippen molar-refractivity contribution in [3.05, 3.63) is 35.9 Å². The molecule has 0 N–H and O–H groups in total. The summed E-state index contributed by atoms with van der Waals surface area (Å²) in [6, 6.07) is 9.23. The summed E-state index contributed by atoms with van der Waals surface area (Å²) in [6.07, 6.45) is 0. The molecule has 48 valence electrons. The predicted molar refractivity (Wildman–Crippen MR) is 43.6 cm³/mol. The molecule has 1 aromatic rings. The maximum absolute atomic E-state index is 10.6.